The van der Waals surface area contributed by atoms with Crippen molar-refractivity contribution in [3.05, 3.63) is 28.5 Å². The number of nitrogens with two attached hydrogens (primary N) is 1. The van der Waals surface area contributed by atoms with Gasteiger partial charge in [0.1, 0.15) is 5.69 Å². The molecule has 1 aromatic heterocycles. The number of aromatic nitrogens is 1. The number of hydrogen-bond acceptors (Lipinski definition) is 3. The van der Waals surface area contributed by atoms with Crippen molar-refractivity contribution in [3.63, 3.8) is 0 Å². The second kappa shape index (κ2) is 4.88. The van der Waals surface area contributed by atoms with Gasteiger partial charge in [-0.2, -0.15) is 0 Å². The molecule has 0 radical (unpaired) electrons. The lowest BCUT2D eigenvalue weighted by atomic mass is 10.3. The average molecular weight is 272 g/mol. The number of nitrogens with zero attached hydrogens (tertiary/aromatic N) is 2. The van der Waals surface area contributed by atoms with E-state index in [-0.39, 0.29) is 18.1 Å². The first-order valence-corrected chi connectivity index (χ1v) is 4.95. The van der Waals surface area contributed by atoms with Gasteiger partial charge in [0, 0.05) is 17.7 Å². The molecule has 2 N–H and O–H groups in total. The van der Waals surface area contributed by atoms with Crippen molar-refractivity contribution in [1.82, 2.24) is 9.88 Å². The van der Waals surface area contributed by atoms with Crippen LogP contribution in [-0.4, -0.2) is 35.3 Å². The number of hydrogen-bond donors (Lipinski definition) is 1. The van der Waals surface area contributed by atoms with Crippen LogP contribution in [0.2, 0.25) is 0 Å². The topological polar surface area (TPSA) is 76.3 Å². The minimum absolute atomic E-state index is 0.115. The Kier molecular flexibility index (Phi) is 3.79. The maximum atomic E-state index is 11.6. The van der Waals surface area contributed by atoms with Gasteiger partial charge in [-0.25, -0.2) is 4.98 Å². The summed E-state index contributed by atoms with van der Waals surface area (Å²) < 4.78 is 0.789. The Morgan fingerprint density at radius 3 is 2.67 bits per heavy atom. The first kappa shape index (κ1) is 11.6. The third-order valence-corrected chi connectivity index (χ3v) is 2.16. The SMILES string of the molecule is CN(CC(N)=O)C(=O)c1ccc(Br)cn1. The van der Waals surface area contributed by atoms with E-state index in [1.165, 1.54) is 18.1 Å². The third-order valence-electron chi connectivity index (χ3n) is 1.69. The summed E-state index contributed by atoms with van der Waals surface area (Å²) in [4.78, 5) is 27.4. The zero-order valence-corrected chi connectivity index (χ0v) is 9.69. The fraction of sp³-hybridized carbons (Fsp3) is 0.222. The summed E-state index contributed by atoms with van der Waals surface area (Å²) in [7, 11) is 1.50. The molecule has 1 rings (SSSR count). The molecule has 0 fully saturated rings. The Hall–Kier alpha value is -1.43. The maximum absolute atomic E-state index is 11.6. The van der Waals surface area contributed by atoms with Crippen molar-refractivity contribution in [3.8, 4) is 0 Å². The lowest BCUT2D eigenvalue weighted by Gasteiger charge is -2.13. The van der Waals surface area contributed by atoms with Crippen LogP contribution in [0.5, 0.6) is 0 Å². The van der Waals surface area contributed by atoms with Gasteiger partial charge in [-0.05, 0) is 28.1 Å². The fourth-order valence-electron chi connectivity index (χ4n) is 1.00. The number of halogens is 1. The van der Waals surface area contributed by atoms with E-state index in [2.05, 4.69) is 20.9 Å². The molecule has 15 heavy (non-hydrogen) atoms. The highest BCUT2D eigenvalue weighted by atomic mass is 79.9. The zero-order valence-electron chi connectivity index (χ0n) is 8.11. The predicted molar refractivity (Wildman–Crippen MR) is 58.1 cm³/mol. The van der Waals surface area contributed by atoms with Crippen LogP contribution < -0.4 is 5.73 Å². The van der Waals surface area contributed by atoms with Crippen LogP contribution in [0.25, 0.3) is 0 Å². The molecule has 0 atom stereocenters. The largest absolute Gasteiger partial charge is 0.368 e. The maximum Gasteiger partial charge on any atom is 0.272 e. The van der Waals surface area contributed by atoms with Gasteiger partial charge in [-0.15, -0.1) is 0 Å². The highest BCUT2D eigenvalue weighted by Crippen LogP contribution is 2.08. The highest BCUT2D eigenvalue weighted by molar-refractivity contribution is 9.10. The molecule has 0 saturated carbocycles. The van der Waals surface area contributed by atoms with E-state index < -0.39 is 5.91 Å². The Labute approximate surface area is 95.4 Å². The molecule has 0 aliphatic carbocycles. The molecule has 0 unspecified atom stereocenters. The minimum atomic E-state index is -0.553. The van der Waals surface area contributed by atoms with Crippen molar-refractivity contribution in [1.29, 1.82) is 0 Å². The Balaban J connectivity index is 2.76. The van der Waals surface area contributed by atoms with Crippen LogP contribution in [0.4, 0.5) is 0 Å². The molecule has 80 valence electrons. The number of carbonyl (C=O) groups is 2. The second-order valence-corrected chi connectivity index (χ2v) is 3.90. The van der Waals surface area contributed by atoms with Crippen LogP contribution in [0.1, 0.15) is 10.5 Å². The molecular formula is C9H10BrN3O2. The molecule has 0 saturated heterocycles. The van der Waals surface area contributed by atoms with Crippen molar-refractivity contribution in [2.24, 2.45) is 5.73 Å². The predicted octanol–water partition coefficient (Wildman–Crippen LogP) is 0.401. The van der Waals surface area contributed by atoms with E-state index in [4.69, 9.17) is 5.73 Å². The summed E-state index contributed by atoms with van der Waals surface area (Å²) in [6.45, 7) is -0.115. The molecule has 1 aromatic rings. The van der Waals surface area contributed by atoms with Gasteiger partial charge in [-0.3, -0.25) is 9.59 Å². The molecule has 0 aliphatic rings. The first-order chi connectivity index (χ1) is 7.00. The number of likely N-dealkylation sites (N-methyl/N-ethyl adjacent to an activating group) is 1. The minimum Gasteiger partial charge on any atom is -0.368 e. The van der Waals surface area contributed by atoms with Crippen molar-refractivity contribution in [2.45, 2.75) is 0 Å². The van der Waals surface area contributed by atoms with E-state index in [1.807, 2.05) is 0 Å². The van der Waals surface area contributed by atoms with Gasteiger partial charge in [0.15, 0.2) is 0 Å². The van der Waals surface area contributed by atoms with Crippen molar-refractivity contribution < 1.29 is 9.59 Å². The summed E-state index contributed by atoms with van der Waals surface area (Å²) in [5, 5.41) is 0. The normalized spacial score (nSPS) is 9.73. The molecule has 1 heterocycles. The van der Waals surface area contributed by atoms with E-state index in [9.17, 15) is 9.59 Å². The third kappa shape index (κ3) is 3.32. The number of primary amides is 1. The zero-order chi connectivity index (χ0) is 11.4. The summed E-state index contributed by atoms with van der Waals surface area (Å²) in [5.74, 6) is -0.885. The number of pyridine rings is 1. The first-order valence-electron chi connectivity index (χ1n) is 4.16. The molecule has 0 bridgehead atoms. The lowest BCUT2D eigenvalue weighted by molar-refractivity contribution is -0.118. The monoisotopic (exact) mass is 271 g/mol. The van der Waals surface area contributed by atoms with Gasteiger partial charge in [0.05, 0.1) is 6.54 Å². The molecule has 6 heteroatoms. The van der Waals surface area contributed by atoms with Crippen LogP contribution in [0, 0.1) is 0 Å². The van der Waals surface area contributed by atoms with Crippen LogP contribution in [-0.2, 0) is 4.79 Å². The summed E-state index contributed by atoms with van der Waals surface area (Å²) in [6, 6.07) is 3.28. The molecule has 0 spiro atoms. The molecular weight excluding hydrogens is 262 g/mol. The van der Waals surface area contributed by atoms with Crippen LogP contribution in [0.15, 0.2) is 22.8 Å². The van der Waals surface area contributed by atoms with Gasteiger partial charge < -0.3 is 10.6 Å². The lowest BCUT2D eigenvalue weighted by Crippen LogP contribution is -2.35. The van der Waals surface area contributed by atoms with Gasteiger partial charge in [-0.1, -0.05) is 0 Å². The summed E-state index contributed by atoms with van der Waals surface area (Å²) in [5.41, 5.74) is 5.25. The number of rotatable bonds is 3. The molecule has 5 nitrogen and oxygen atoms in total. The smallest absolute Gasteiger partial charge is 0.272 e. The van der Waals surface area contributed by atoms with E-state index in [1.54, 1.807) is 12.1 Å². The van der Waals surface area contributed by atoms with E-state index in [0.29, 0.717) is 0 Å². The fourth-order valence-corrected chi connectivity index (χ4v) is 1.24. The second-order valence-electron chi connectivity index (χ2n) is 2.99. The quantitative estimate of drug-likeness (QED) is 0.865. The number of amides is 2. The van der Waals surface area contributed by atoms with E-state index >= 15 is 0 Å². The Morgan fingerprint density at radius 2 is 2.20 bits per heavy atom. The Bertz CT molecular complexity index is 377. The molecule has 2 amide bonds. The summed E-state index contributed by atoms with van der Waals surface area (Å²) >= 11 is 3.21. The van der Waals surface area contributed by atoms with Gasteiger partial charge in [0.2, 0.25) is 5.91 Å². The van der Waals surface area contributed by atoms with E-state index in [0.717, 1.165) is 4.47 Å². The van der Waals surface area contributed by atoms with Crippen molar-refractivity contribution >= 4 is 27.7 Å². The standard InChI is InChI=1S/C9H10BrN3O2/c1-13(5-8(11)14)9(15)7-3-2-6(10)4-12-7/h2-4H,5H2,1H3,(H2,11,14). The van der Waals surface area contributed by atoms with Crippen molar-refractivity contribution in [2.75, 3.05) is 13.6 Å². The number of carbonyl (C=O) groups excluding carboxylic acids is 2. The summed E-state index contributed by atoms with van der Waals surface area (Å²) in [6.07, 6.45) is 1.52. The van der Waals surface area contributed by atoms with Gasteiger partial charge >= 0.3 is 0 Å². The van der Waals surface area contributed by atoms with Gasteiger partial charge in [0.25, 0.3) is 5.91 Å². The van der Waals surface area contributed by atoms with Crippen LogP contribution in [0.3, 0.4) is 0 Å². The van der Waals surface area contributed by atoms with Crippen LogP contribution >= 0.6 is 15.9 Å². The molecule has 0 aliphatic heterocycles. The highest BCUT2D eigenvalue weighted by Gasteiger charge is 2.14. The molecule has 0 aromatic carbocycles. The average Bonchev–Trinajstić information content (AvgIpc) is 2.17. The Morgan fingerprint density at radius 1 is 1.53 bits per heavy atom.